The van der Waals surface area contributed by atoms with E-state index in [9.17, 15) is 0 Å². The number of nitrogens with zero attached hydrogens (tertiary/aromatic N) is 5. The normalized spacial score (nSPS) is 11.0. The highest BCUT2D eigenvalue weighted by molar-refractivity contribution is 5.64. The van der Waals surface area contributed by atoms with Crippen LogP contribution in [0.2, 0.25) is 0 Å². The molecular formula is C21H22N6. The summed E-state index contributed by atoms with van der Waals surface area (Å²) in [4.78, 5) is 11.2. The van der Waals surface area contributed by atoms with Crippen molar-refractivity contribution >= 4 is 23.0 Å². The number of hydrogen-bond acceptors (Lipinski definition) is 5. The molecule has 0 saturated carbocycles. The highest BCUT2D eigenvalue weighted by Gasteiger charge is 2.12. The number of hydrogen-bond donors (Lipinski definition) is 1. The molecule has 0 spiro atoms. The Labute approximate surface area is 158 Å². The fourth-order valence-corrected chi connectivity index (χ4v) is 2.89. The molecule has 0 aliphatic rings. The number of aryl methyl sites for hydroxylation is 2. The first-order valence-electron chi connectivity index (χ1n) is 8.85. The summed E-state index contributed by atoms with van der Waals surface area (Å²) in [6.45, 7) is 4.02. The predicted molar refractivity (Wildman–Crippen MR) is 110 cm³/mol. The maximum absolute atomic E-state index is 4.67. The zero-order valence-electron chi connectivity index (χ0n) is 15.9. The second-order valence-corrected chi connectivity index (χ2v) is 6.86. The molecule has 0 fully saturated rings. The van der Waals surface area contributed by atoms with Crippen molar-refractivity contribution in [2.24, 2.45) is 0 Å². The molecule has 136 valence electrons. The number of anilines is 3. The molecule has 0 radical (unpaired) electrons. The maximum Gasteiger partial charge on any atom is 0.254 e. The summed E-state index contributed by atoms with van der Waals surface area (Å²) in [6.07, 6.45) is 0. The molecule has 0 amide bonds. The molecule has 27 heavy (non-hydrogen) atoms. The molecule has 0 aliphatic heterocycles. The van der Waals surface area contributed by atoms with Crippen LogP contribution in [-0.2, 0) is 0 Å². The zero-order valence-corrected chi connectivity index (χ0v) is 15.9. The second-order valence-electron chi connectivity index (χ2n) is 6.86. The van der Waals surface area contributed by atoms with Crippen molar-refractivity contribution in [2.45, 2.75) is 13.8 Å². The van der Waals surface area contributed by atoms with Crippen molar-refractivity contribution in [3.8, 4) is 11.4 Å². The van der Waals surface area contributed by atoms with Gasteiger partial charge in [0.2, 0.25) is 0 Å². The summed E-state index contributed by atoms with van der Waals surface area (Å²) in [5.41, 5.74) is 5.21. The third-order valence-corrected chi connectivity index (χ3v) is 4.41. The van der Waals surface area contributed by atoms with Crippen molar-refractivity contribution in [3.63, 3.8) is 0 Å². The maximum atomic E-state index is 4.67. The summed E-state index contributed by atoms with van der Waals surface area (Å²) in [5, 5.41) is 8.10. The highest BCUT2D eigenvalue weighted by Crippen LogP contribution is 2.23. The van der Waals surface area contributed by atoms with E-state index >= 15 is 0 Å². The summed E-state index contributed by atoms with van der Waals surface area (Å²) >= 11 is 0. The largest absolute Gasteiger partial charge is 0.378 e. The topological polar surface area (TPSA) is 58.4 Å². The van der Waals surface area contributed by atoms with Gasteiger partial charge in [-0.15, -0.1) is 5.10 Å². The summed E-state index contributed by atoms with van der Waals surface area (Å²) in [5.74, 6) is 2.08. The Morgan fingerprint density at radius 3 is 2.26 bits per heavy atom. The van der Waals surface area contributed by atoms with E-state index in [2.05, 4.69) is 68.6 Å². The lowest BCUT2D eigenvalue weighted by Crippen LogP contribution is -2.08. The van der Waals surface area contributed by atoms with Crippen molar-refractivity contribution in [1.82, 2.24) is 19.6 Å². The predicted octanol–water partition coefficient (Wildman–Crippen LogP) is 4.22. The highest BCUT2D eigenvalue weighted by atomic mass is 15.4. The van der Waals surface area contributed by atoms with Crippen LogP contribution in [0.5, 0.6) is 0 Å². The zero-order chi connectivity index (χ0) is 19.0. The molecule has 6 heteroatoms. The van der Waals surface area contributed by atoms with E-state index in [1.807, 2.05) is 39.2 Å². The van der Waals surface area contributed by atoms with Gasteiger partial charge in [-0.3, -0.25) is 0 Å². The number of benzene rings is 2. The van der Waals surface area contributed by atoms with Gasteiger partial charge in [-0.2, -0.15) is 9.50 Å². The molecule has 0 unspecified atom stereocenters. The van der Waals surface area contributed by atoms with E-state index in [1.54, 1.807) is 4.52 Å². The summed E-state index contributed by atoms with van der Waals surface area (Å²) < 4.78 is 1.75. The lowest BCUT2D eigenvalue weighted by Gasteiger charge is -2.13. The first kappa shape index (κ1) is 17.0. The van der Waals surface area contributed by atoms with Gasteiger partial charge >= 0.3 is 0 Å². The average Bonchev–Trinajstić information content (AvgIpc) is 3.07. The van der Waals surface area contributed by atoms with Crippen LogP contribution in [0.4, 0.5) is 17.2 Å². The second kappa shape index (κ2) is 6.72. The van der Waals surface area contributed by atoms with E-state index in [1.165, 1.54) is 5.56 Å². The van der Waals surface area contributed by atoms with E-state index < -0.39 is 0 Å². The van der Waals surface area contributed by atoms with E-state index in [-0.39, 0.29) is 0 Å². The molecule has 2 aromatic heterocycles. The quantitative estimate of drug-likeness (QED) is 0.592. The van der Waals surface area contributed by atoms with Gasteiger partial charge in [-0.05, 0) is 38.1 Å². The first-order chi connectivity index (χ1) is 13.0. The fraction of sp³-hybridized carbons (Fsp3) is 0.190. The van der Waals surface area contributed by atoms with E-state index in [0.717, 1.165) is 28.5 Å². The molecule has 4 rings (SSSR count). The van der Waals surface area contributed by atoms with Gasteiger partial charge in [0, 0.05) is 42.8 Å². The van der Waals surface area contributed by atoms with Crippen LogP contribution in [-0.4, -0.2) is 33.7 Å². The van der Waals surface area contributed by atoms with Gasteiger partial charge in [0.05, 0.1) is 0 Å². The smallest absolute Gasteiger partial charge is 0.254 e. The molecule has 1 N–H and O–H groups in total. The monoisotopic (exact) mass is 358 g/mol. The molecule has 0 atom stereocenters. The van der Waals surface area contributed by atoms with Gasteiger partial charge in [0.15, 0.2) is 5.82 Å². The van der Waals surface area contributed by atoms with Gasteiger partial charge in [0.25, 0.3) is 5.78 Å². The van der Waals surface area contributed by atoms with Crippen LogP contribution in [0.15, 0.2) is 54.6 Å². The minimum atomic E-state index is 0.581. The average molecular weight is 358 g/mol. The third kappa shape index (κ3) is 3.46. The Morgan fingerprint density at radius 1 is 0.889 bits per heavy atom. The molecular weight excluding hydrogens is 336 g/mol. The van der Waals surface area contributed by atoms with Crippen molar-refractivity contribution in [1.29, 1.82) is 0 Å². The number of nitrogens with one attached hydrogen (secondary N) is 1. The molecule has 0 saturated heterocycles. The number of rotatable bonds is 4. The number of fused-ring (bicyclic) bond motifs is 1. The summed E-state index contributed by atoms with van der Waals surface area (Å²) in [6, 6.07) is 18.4. The van der Waals surface area contributed by atoms with Gasteiger partial charge < -0.3 is 10.2 Å². The molecule has 6 nitrogen and oxygen atoms in total. The minimum absolute atomic E-state index is 0.581. The van der Waals surface area contributed by atoms with Crippen molar-refractivity contribution in [3.05, 3.63) is 65.9 Å². The molecule has 0 aliphatic carbocycles. The Kier molecular flexibility index (Phi) is 4.24. The fourth-order valence-electron chi connectivity index (χ4n) is 2.89. The Balaban J connectivity index is 1.72. The Bertz CT molecular complexity index is 1080. The van der Waals surface area contributed by atoms with Crippen LogP contribution in [0.25, 0.3) is 17.2 Å². The minimum Gasteiger partial charge on any atom is -0.378 e. The van der Waals surface area contributed by atoms with E-state index in [0.29, 0.717) is 11.6 Å². The van der Waals surface area contributed by atoms with Crippen LogP contribution < -0.4 is 10.2 Å². The van der Waals surface area contributed by atoms with Gasteiger partial charge in [0.1, 0.15) is 5.82 Å². The number of aromatic nitrogens is 4. The third-order valence-electron chi connectivity index (χ3n) is 4.41. The lowest BCUT2D eigenvalue weighted by atomic mass is 10.1. The molecule has 2 aromatic carbocycles. The van der Waals surface area contributed by atoms with Crippen LogP contribution in [0.3, 0.4) is 0 Å². The van der Waals surface area contributed by atoms with Crippen LogP contribution in [0.1, 0.15) is 11.3 Å². The van der Waals surface area contributed by atoms with Crippen LogP contribution >= 0.6 is 0 Å². The van der Waals surface area contributed by atoms with Gasteiger partial charge in [-0.25, -0.2) is 4.98 Å². The summed E-state index contributed by atoms with van der Waals surface area (Å²) in [7, 11) is 4.06. The Morgan fingerprint density at radius 2 is 1.59 bits per heavy atom. The van der Waals surface area contributed by atoms with Crippen LogP contribution in [0, 0.1) is 13.8 Å². The lowest BCUT2D eigenvalue weighted by molar-refractivity contribution is 0.940. The van der Waals surface area contributed by atoms with E-state index in [4.69, 9.17) is 0 Å². The standard InChI is InChI=1S/C21H22N6/c1-14-5-7-16(8-6-14)20-24-21-22-15(2)13-19(27(21)25-20)23-17-9-11-18(12-10-17)26(3)4/h5-13,23H,1-4H3. The molecule has 4 aromatic rings. The molecule has 0 bridgehead atoms. The molecule has 2 heterocycles. The van der Waals surface area contributed by atoms with Crippen molar-refractivity contribution < 1.29 is 0 Å². The SMILES string of the molecule is Cc1ccc(-c2nc3nc(C)cc(Nc4ccc(N(C)C)cc4)n3n2)cc1. The van der Waals surface area contributed by atoms with Crippen molar-refractivity contribution in [2.75, 3.05) is 24.3 Å². The Hall–Kier alpha value is -3.41. The van der Waals surface area contributed by atoms with Gasteiger partial charge in [-0.1, -0.05) is 29.8 Å². The first-order valence-corrected chi connectivity index (χ1v) is 8.85.